The van der Waals surface area contributed by atoms with Crippen LogP contribution in [0.3, 0.4) is 0 Å². The predicted octanol–water partition coefficient (Wildman–Crippen LogP) is 2.30. The van der Waals surface area contributed by atoms with Crippen molar-refractivity contribution >= 4 is 17.8 Å². The van der Waals surface area contributed by atoms with Gasteiger partial charge in [-0.2, -0.15) is 0 Å². The Balaban J connectivity index is 2.79. The third kappa shape index (κ3) is 4.02. The number of urea groups is 1. The summed E-state index contributed by atoms with van der Waals surface area (Å²) in [6.07, 6.45) is 3.14. The topological polar surface area (TPSA) is 75.3 Å². The van der Waals surface area contributed by atoms with E-state index in [0.717, 1.165) is 6.42 Å². The zero-order valence-corrected chi connectivity index (χ0v) is 12.1. The van der Waals surface area contributed by atoms with E-state index in [1.807, 2.05) is 13.8 Å². The maximum absolute atomic E-state index is 12.1. The first-order valence-electron chi connectivity index (χ1n) is 7.15. The van der Waals surface area contributed by atoms with E-state index in [2.05, 4.69) is 10.6 Å². The van der Waals surface area contributed by atoms with Crippen LogP contribution in [0.5, 0.6) is 0 Å². The smallest absolute Gasteiger partial charge is 0.277 e. The fourth-order valence-corrected chi connectivity index (χ4v) is 2.39. The molecule has 1 rings (SSSR count). The van der Waals surface area contributed by atoms with E-state index in [4.69, 9.17) is 0 Å². The Morgan fingerprint density at radius 3 is 2.10 bits per heavy atom. The average molecular weight is 286 g/mol. The lowest BCUT2D eigenvalue weighted by atomic mass is 9.74. The molecule has 1 saturated heterocycles. The van der Waals surface area contributed by atoms with Crippen LogP contribution in [0, 0.1) is 11.3 Å². The van der Waals surface area contributed by atoms with Crippen LogP contribution in [0.25, 0.3) is 0 Å². The second-order valence-electron chi connectivity index (χ2n) is 5.75. The highest BCUT2D eigenvalue weighted by Gasteiger charge is 2.49. The van der Waals surface area contributed by atoms with Crippen LogP contribution in [0.1, 0.15) is 52.4 Å². The molecular formula is C14H23FN2O3. The molecule has 1 aliphatic rings. The highest BCUT2D eigenvalue weighted by atomic mass is 19.1. The van der Waals surface area contributed by atoms with Gasteiger partial charge >= 0.3 is 6.03 Å². The van der Waals surface area contributed by atoms with Gasteiger partial charge in [-0.3, -0.25) is 24.6 Å². The third-order valence-electron chi connectivity index (χ3n) is 3.71. The summed E-state index contributed by atoms with van der Waals surface area (Å²) in [6, 6.07) is -0.760. The number of carbonyl (C=O) groups excluding carboxylic acids is 3. The second-order valence-corrected chi connectivity index (χ2v) is 5.75. The predicted molar refractivity (Wildman–Crippen MR) is 72.6 cm³/mol. The lowest BCUT2D eigenvalue weighted by molar-refractivity contribution is -0.145. The van der Waals surface area contributed by atoms with Gasteiger partial charge in [0.05, 0.1) is 6.67 Å². The number of barbiturate groups is 1. The van der Waals surface area contributed by atoms with Gasteiger partial charge in [0, 0.05) is 0 Å². The molecule has 2 N–H and O–H groups in total. The van der Waals surface area contributed by atoms with E-state index < -0.39 is 29.9 Å². The molecule has 0 aromatic rings. The molecule has 0 saturated carbocycles. The lowest BCUT2D eigenvalue weighted by Crippen LogP contribution is -2.62. The van der Waals surface area contributed by atoms with Crippen molar-refractivity contribution < 1.29 is 18.8 Å². The summed E-state index contributed by atoms with van der Waals surface area (Å²) in [5.74, 6) is -0.685. The molecule has 20 heavy (non-hydrogen) atoms. The molecule has 0 unspecified atom stereocenters. The zero-order valence-electron chi connectivity index (χ0n) is 12.1. The molecule has 0 aromatic heterocycles. The number of nitrogens with one attached hydrogen (secondary N) is 2. The second kappa shape index (κ2) is 7.36. The molecule has 0 radical (unpaired) electrons. The number of rotatable bonds is 8. The normalized spacial score (nSPS) is 18.1. The molecule has 5 nitrogen and oxygen atoms in total. The van der Waals surface area contributed by atoms with Gasteiger partial charge in [0.2, 0.25) is 11.8 Å². The SMILES string of the molecule is CC(C)CCC1(CCCCCF)C(=O)NC(=O)NC1=O. The van der Waals surface area contributed by atoms with Crippen LogP contribution in [-0.2, 0) is 9.59 Å². The summed E-state index contributed by atoms with van der Waals surface area (Å²) in [4.78, 5) is 35.5. The summed E-state index contributed by atoms with van der Waals surface area (Å²) < 4.78 is 12.1. The summed E-state index contributed by atoms with van der Waals surface area (Å²) in [5, 5.41) is 4.36. The Morgan fingerprint density at radius 1 is 1.00 bits per heavy atom. The summed E-state index contributed by atoms with van der Waals surface area (Å²) in [5.41, 5.74) is -1.19. The lowest BCUT2D eigenvalue weighted by Gasteiger charge is -2.34. The van der Waals surface area contributed by atoms with Gasteiger partial charge in [-0.15, -0.1) is 0 Å². The van der Waals surface area contributed by atoms with E-state index in [9.17, 15) is 18.8 Å². The Hall–Kier alpha value is -1.46. The summed E-state index contributed by atoms with van der Waals surface area (Å²) in [7, 11) is 0. The van der Waals surface area contributed by atoms with Crippen LogP contribution >= 0.6 is 0 Å². The quantitative estimate of drug-likeness (QED) is 0.531. The van der Waals surface area contributed by atoms with Gasteiger partial charge in [-0.05, 0) is 31.6 Å². The fraction of sp³-hybridized carbons (Fsp3) is 0.786. The van der Waals surface area contributed by atoms with Crippen molar-refractivity contribution in [1.82, 2.24) is 10.6 Å². The van der Waals surface area contributed by atoms with Gasteiger partial charge in [-0.25, -0.2) is 4.79 Å². The van der Waals surface area contributed by atoms with E-state index >= 15 is 0 Å². The number of amides is 4. The van der Waals surface area contributed by atoms with Crippen molar-refractivity contribution in [3.05, 3.63) is 0 Å². The first-order chi connectivity index (χ1) is 9.42. The van der Waals surface area contributed by atoms with Gasteiger partial charge in [0.1, 0.15) is 5.41 Å². The maximum Gasteiger partial charge on any atom is 0.328 e. The van der Waals surface area contributed by atoms with Crippen molar-refractivity contribution in [2.75, 3.05) is 6.67 Å². The molecule has 114 valence electrons. The molecule has 0 bridgehead atoms. The monoisotopic (exact) mass is 286 g/mol. The number of imide groups is 2. The Morgan fingerprint density at radius 2 is 1.60 bits per heavy atom. The van der Waals surface area contributed by atoms with Gasteiger partial charge in [0.25, 0.3) is 0 Å². The minimum Gasteiger partial charge on any atom is -0.277 e. The maximum atomic E-state index is 12.1. The van der Waals surface area contributed by atoms with E-state index in [-0.39, 0.29) is 0 Å². The number of carbonyl (C=O) groups is 3. The van der Waals surface area contributed by atoms with E-state index in [1.54, 1.807) is 0 Å². The average Bonchev–Trinajstić information content (AvgIpc) is 2.36. The Labute approximate surface area is 118 Å². The number of unbranched alkanes of at least 4 members (excludes halogenated alkanes) is 2. The summed E-state index contributed by atoms with van der Waals surface area (Å²) in [6.45, 7) is 3.64. The highest BCUT2D eigenvalue weighted by molar-refractivity contribution is 6.19. The van der Waals surface area contributed by atoms with Crippen LogP contribution in [0.15, 0.2) is 0 Å². The molecule has 1 aliphatic heterocycles. The Kier molecular flexibility index (Phi) is 6.10. The molecule has 0 aliphatic carbocycles. The number of halogens is 1. The number of hydrogen-bond donors (Lipinski definition) is 2. The van der Waals surface area contributed by atoms with Crippen molar-refractivity contribution in [1.29, 1.82) is 0 Å². The van der Waals surface area contributed by atoms with E-state index in [0.29, 0.717) is 38.0 Å². The molecule has 1 heterocycles. The van der Waals surface area contributed by atoms with Crippen molar-refractivity contribution in [3.63, 3.8) is 0 Å². The molecule has 1 fully saturated rings. The van der Waals surface area contributed by atoms with E-state index in [1.165, 1.54) is 0 Å². The molecule has 0 atom stereocenters. The van der Waals surface area contributed by atoms with Crippen LogP contribution in [0.2, 0.25) is 0 Å². The van der Waals surface area contributed by atoms with Gasteiger partial charge < -0.3 is 0 Å². The molecular weight excluding hydrogens is 263 g/mol. The van der Waals surface area contributed by atoms with Crippen molar-refractivity contribution in [2.45, 2.75) is 52.4 Å². The standard InChI is InChI=1S/C14H23FN2O3/c1-10(2)6-8-14(7-4-3-5-9-15)11(18)16-13(20)17-12(14)19/h10H,3-9H2,1-2H3,(H2,16,17,18,19,20). The summed E-state index contributed by atoms with van der Waals surface area (Å²) >= 11 is 0. The molecule has 0 spiro atoms. The first kappa shape index (κ1) is 16.6. The van der Waals surface area contributed by atoms with Crippen LogP contribution in [0.4, 0.5) is 9.18 Å². The first-order valence-corrected chi connectivity index (χ1v) is 7.15. The van der Waals surface area contributed by atoms with Crippen LogP contribution < -0.4 is 10.6 Å². The Bertz CT molecular complexity index is 363. The van der Waals surface area contributed by atoms with Crippen molar-refractivity contribution in [2.24, 2.45) is 11.3 Å². The zero-order chi connectivity index (χ0) is 15.2. The van der Waals surface area contributed by atoms with Gasteiger partial charge in [0.15, 0.2) is 0 Å². The third-order valence-corrected chi connectivity index (χ3v) is 3.71. The largest absolute Gasteiger partial charge is 0.328 e. The highest BCUT2D eigenvalue weighted by Crippen LogP contribution is 2.34. The van der Waals surface area contributed by atoms with Crippen LogP contribution in [-0.4, -0.2) is 24.5 Å². The molecule has 0 aromatic carbocycles. The molecule has 6 heteroatoms. The van der Waals surface area contributed by atoms with Gasteiger partial charge in [-0.1, -0.05) is 26.7 Å². The molecule has 4 amide bonds. The minimum absolute atomic E-state index is 0.352. The minimum atomic E-state index is -1.19. The number of hydrogen-bond acceptors (Lipinski definition) is 3. The van der Waals surface area contributed by atoms with Crippen molar-refractivity contribution in [3.8, 4) is 0 Å². The fourth-order valence-electron chi connectivity index (χ4n) is 2.39. The number of alkyl halides is 1.